The normalized spacial score (nSPS) is 25.6. The van der Waals surface area contributed by atoms with Crippen LogP contribution in [0.4, 0.5) is 4.39 Å². The van der Waals surface area contributed by atoms with Crippen LogP contribution in [0.1, 0.15) is 36.9 Å². The van der Waals surface area contributed by atoms with Gasteiger partial charge in [0.15, 0.2) is 11.5 Å². The molecule has 3 aromatic rings. The lowest BCUT2D eigenvalue weighted by Gasteiger charge is -2.55. The summed E-state index contributed by atoms with van der Waals surface area (Å²) in [6.07, 6.45) is 5.15. The molecule has 10 heteroatoms. The van der Waals surface area contributed by atoms with Crippen LogP contribution >= 0.6 is 0 Å². The number of halogens is 1. The van der Waals surface area contributed by atoms with Gasteiger partial charge >= 0.3 is 0 Å². The zero-order chi connectivity index (χ0) is 24.8. The number of aromatic nitrogens is 3. The fraction of sp³-hybridized carbons (Fsp3) is 0.500. The van der Waals surface area contributed by atoms with Crippen molar-refractivity contribution in [2.24, 2.45) is 0 Å². The van der Waals surface area contributed by atoms with Crippen LogP contribution in [0.5, 0.6) is 17.4 Å². The van der Waals surface area contributed by atoms with Crippen molar-refractivity contribution in [3.05, 3.63) is 47.7 Å². The van der Waals surface area contributed by atoms with Crippen molar-refractivity contribution < 1.29 is 28.4 Å². The van der Waals surface area contributed by atoms with Gasteiger partial charge in [0.2, 0.25) is 5.88 Å². The molecule has 1 aliphatic carbocycles. The Morgan fingerprint density at radius 2 is 1.92 bits per heavy atom. The Hall–Kier alpha value is -3.08. The van der Waals surface area contributed by atoms with Gasteiger partial charge in [0.1, 0.15) is 19.0 Å². The highest BCUT2D eigenvalue weighted by molar-refractivity contribution is 5.78. The topological polar surface area (TPSA) is 108 Å². The zero-order valence-electron chi connectivity index (χ0n) is 20.1. The van der Waals surface area contributed by atoms with Gasteiger partial charge in [0.05, 0.1) is 54.5 Å². The highest BCUT2D eigenvalue weighted by atomic mass is 19.1. The minimum absolute atomic E-state index is 0.0898. The van der Waals surface area contributed by atoms with Crippen molar-refractivity contribution in [3.63, 3.8) is 0 Å². The monoisotopic (exact) mass is 496 g/mol. The number of fused-ring (bicyclic) bond motifs is 5. The molecule has 36 heavy (non-hydrogen) atoms. The first kappa shape index (κ1) is 23.3. The number of hydrogen-bond donors (Lipinski definition) is 2. The van der Waals surface area contributed by atoms with Gasteiger partial charge in [-0.25, -0.2) is 9.37 Å². The smallest absolute Gasteiger partial charge is 0.213 e. The number of aliphatic hydroxyl groups excluding tert-OH is 1. The molecule has 190 valence electrons. The largest absolute Gasteiger partial charge is 0.486 e. The molecule has 1 atom stereocenters. The molecule has 2 N–H and O–H groups in total. The maximum absolute atomic E-state index is 14.8. The van der Waals surface area contributed by atoms with Gasteiger partial charge < -0.3 is 29.4 Å². The average molecular weight is 497 g/mol. The van der Waals surface area contributed by atoms with E-state index in [0.29, 0.717) is 67.4 Å². The molecule has 0 radical (unpaired) electrons. The minimum atomic E-state index is -0.872. The standard InChI is InChI=1S/C26H29FN4O5/c1-33-23-3-2-19-24(31-23)17(18(27)13-29-19)11-22(32)26-6-4-25(5-7-26,15-36-26)30-12-16-10-20-21(14-28-16)35-9-8-34-20/h2-3,10,13-14,22,30,32H,4-9,11-12,15H2,1H3. The van der Waals surface area contributed by atoms with E-state index in [2.05, 4.69) is 20.3 Å². The van der Waals surface area contributed by atoms with Gasteiger partial charge in [-0.3, -0.25) is 9.97 Å². The second-order valence-corrected chi connectivity index (χ2v) is 9.83. The minimum Gasteiger partial charge on any atom is -0.486 e. The SMILES string of the molecule is COc1ccc2ncc(F)c(CC(O)C34CCC(NCc5cc6c(cn5)OCCO6)(CC3)CO4)c2n1. The summed E-state index contributed by atoms with van der Waals surface area (Å²) < 4.78 is 37.6. The van der Waals surface area contributed by atoms with Crippen molar-refractivity contribution in [3.8, 4) is 17.4 Å². The average Bonchev–Trinajstić information content (AvgIpc) is 2.94. The second kappa shape index (κ2) is 9.10. The summed E-state index contributed by atoms with van der Waals surface area (Å²) in [5.41, 5.74) is 1.27. The first-order valence-corrected chi connectivity index (χ1v) is 12.3. The molecule has 1 saturated carbocycles. The summed E-state index contributed by atoms with van der Waals surface area (Å²) in [6.45, 7) is 2.13. The van der Waals surface area contributed by atoms with E-state index < -0.39 is 17.5 Å². The number of ether oxygens (including phenoxy) is 4. The Morgan fingerprint density at radius 3 is 2.67 bits per heavy atom. The fourth-order valence-corrected chi connectivity index (χ4v) is 5.51. The zero-order valence-corrected chi connectivity index (χ0v) is 20.1. The third-order valence-corrected chi connectivity index (χ3v) is 7.77. The van der Waals surface area contributed by atoms with Crippen LogP contribution in [-0.4, -0.2) is 64.2 Å². The number of nitrogens with one attached hydrogen (secondary N) is 1. The van der Waals surface area contributed by atoms with Crippen LogP contribution in [0.3, 0.4) is 0 Å². The summed E-state index contributed by atoms with van der Waals surface area (Å²) in [5, 5.41) is 14.9. The molecule has 2 saturated heterocycles. The summed E-state index contributed by atoms with van der Waals surface area (Å²) in [4.78, 5) is 13.0. The molecular weight excluding hydrogens is 467 g/mol. The van der Waals surface area contributed by atoms with E-state index in [1.807, 2.05) is 6.07 Å². The summed E-state index contributed by atoms with van der Waals surface area (Å²) in [7, 11) is 1.51. The van der Waals surface area contributed by atoms with Gasteiger partial charge in [-0.2, -0.15) is 0 Å². The quantitative estimate of drug-likeness (QED) is 0.510. The maximum Gasteiger partial charge on any atom is 0.213 e. The van der Waals surface area contributed by atoms with Crippen LogP contribution in [0, 0.1) is 5.82 Å². The third-order valence-electron chi connectivity index (χ3n) is 7.77. The van der Waals surface area contributed by atoms with E-state index in [-0.39, 0.29) is 12.0 Å². The van der Waals surface area contributed by atoms with E-state index in [1.165, 1.54) is 13.3 Å². The van der Waals surface area contributed by atoms with Crippen molar-refractivity contribution in [1.82, 2.24) is 20.3 Å². The molecule has 0 amide bonds. The van der Waals surface area contributed by atoms with Gasteiger partial charge in [-0.1, -0.05) is 0 Å². The van der Waals surface area contributed by atoms with Gasteiger partial charge in [-0.05, 0) is 31.7 Å². The molecule has 3 fully saturated rings. The fourth-order valence-electron chi connectivity index (χ4n) is 5.51. The molecule has 9 nitrogen and oxygen atoms in total. The van der Waals surface area contributed by atoms with E-state index in [0.717, 1.165) is 24.3 Å². The van der Waals surface area contributed by atoms with Crippen LogP contribution < -0.4 is 19.5 Å². The van der Waals surface area contributed by atoms with Crippen molar-refractivity contribution >= 4 is 11.0 Å². The molecule has 6 heterocycles. The van der Waals surface area contributed by atoms with E-state index in [1.54, 1.807) is 18.3 Å². The predicted molar refractivity (Wildman–Crippen MR) is 128 cm³/mol. The van der Waals surface area contributed by atoms with Gasteiger partial charge in [-0.15, -0.1) is 0 Å². The summed E-state index contributed by atoms with van der Waals surface area (Å²) in [5.74, 6) is 1.28. The van der Waals surface area contributed by atoms with Crippen LogP contribution in [0.25, 0.3) is 11.0 Å². The van der Waals surface area contributed by atoms with Crippen LogP contribution in [0.2, 0.25) is 0 Å². The Bertz CT molecular complexity index is 1260. The highest BCUT2D eigenvalue weighted by Gasteiger charge is 2.53. The molecule has 3 aliphatic heterocycles. The lowest BCUT2D eigenvalue weighted by atomic mass is 9.68. The van der Waals surface area contributed by atoms with Gasteiger partial charge in [0.25, 0.3) is 0 Å². The highest BCUT2D eigenvalue weighted by Crippen LogP contribution is 2.46. The number of hydrogen-bond acceptors (Lipinski definition) is 9. The Balaban J connectivity index is 1.13. The number of aliphatic hydroxyl groups is 1. The summed E-state index contributed by atoms with van der Waals surface area (Å²) in [6, 6.07) is 5.34. The third kappa shape index (κ3) is 4.12. The van der Waals surface area contributed by atoms with E-state index in [9.17, 15) is 9.50 Å². The van der Waals surface area contributed by atoms with E-state index >= 15 is 0 Å². The molecule has 1 unspecified atom stereocenters. The number of methoxy groups -OCH3 is 1. The number of pyridine rings is 3. The molecule has 0 spiro atoms. The van der Waals surface area contributed by atoms with Crippen LogP contribution in [-0.2, 0) is 17.7 Å². The summed E-state index contributed by atoms with van der Waals surface area (Å²) >= 11 is 0. The predicted octanol–water partition coefficient (Wildman–Crippen LogP) is 2.72. The van der Waals surface area contributed by atoms with Gasteiger partial charge in [0, 0.05) is 36.2 Å². The first-order chi connectivity index (χ1) is 17.5. The lowest BCUT2D eigenvalue weighted by Crippen LogP contribution is -2.65. The molecule has 4 aliphatic rings. The molecule has 7 rings (SSSR count). The van der Waals surface area contributed by atoms with Crippen LogP contribution in [0.15, 0.2) is 30.6 Å². The Kier molecular flexibility index (Phi) is 5.89. The van der Waals surface area contributed by atoms with Crippen molar-refractivity contribution in [1.29, 1.82) is 0 Å². The molecule has 0 aromatic carbocycles. The Labute approximate surface area is 208 Å². The van der Waals surface area contributed by atoms with Crippen molar-refractivity contribution in [2.45, 2.75) is 55.9 Å². The maximum atomic E-state index is 14.8. The van der Waals surface area contributed by atoms with E-state index in [4.69, 9.17) is 18.9 Å². The molecule has 2 bridgehead atoms. The lowest BCUT2D eigenvalue weighted by molar-refractivity contribution is -0.208. The first-order valence-electron chi connectivity index (χ1n) is 12.3. The molecular formula is C26H29FN4O5. The number of nitrogens with zero attached hydrogens (tertiary/aromatic N) is 3. The Morgan fingerprint density at radius 1 is 1.11 bits per heavy atom. The number of rotatable bonds is 7. The van der Waals surface area contributed by atoms with Crippen molar-refractivity contribution in [2.75, 3.05) is 26.9 Å². The molecule has 3 aromatic heterocycles. The second-order valence-electron chi connectivity index (χ2n) is 9.83.